The van der Waals surface area contributed by atoms with Crippen LogP contribution in [-0.4, -0.2) is 12.4 Å². The highest BCUT2D eigenvalue weighted by Crippen LogP contribution is 2.31. The van der Waals surface area contributed by atoms with Gasteiger partial charge in [0.1, 0.15) is 0 Å². The van der Waals surface area contributed by atoms with Gasteiger partial charge in [0.25, 0.3) is 0 Å². The summed E-state index contributed by atoms with van der Waals surface area (Å²) < 4.78 is 0. The summed E-state index contributed by atoms with van der Waals surface area (Å²) in [6.45, 7) is 0. The molecular weight excluding hydrogens is 316 g/mol. The maximum Gasteiger partial charge on any atom is 0.0971 e. The Morgan fingerprint density at radius 2 is 1.58 bits per heavy atom. The second kappa shape index (κ2) is 6.16. The molecule has 1 aliphatic carbocycles. The molecule has 124 valence electrons. The van der Waals surface area contributed by atoms with E-state index >= 15 is 0 Å². The zero-order chi connectivity index (χ0) is 17.3. The van der Waals surface area contributed by atoms with Crippen molar-refractivity contribution < 1.29 is 0 Å². The Balaban J connectivity index is 1.57. The zero-order valence-electron chi connectivity index (χ0n) is 14.3. The zero-order valence-corrected chi connectivity index (χ0v) is 14.3. The number of benzene rings is 3. The van der Waals surface area contributed by atoms with Crippen molar-refractivity contribution in [3.8, 4) is 11.1 Å². The predicted molar refractivity (Wildman–Crippen MR) is 110 cm³/mol. The van der Waals surface area contributed by atoms with Crippen molar-refractivity contribution in [2.24, 2.45) is 4.99 Å². The fourth-order valence-corrected chi connectivity index (χ4v) is 3.70. The van der Waals surface area contributed by atoms with Crippen molar-refractivity contribution in [1.82, 2.24) is 5.32 Å². The molecule has 2 heteroatoms. The van der Waals surface area contributed by atoms with Gasteiger partial charge in [-0.3, -0.25) is 4.99 Å². The van der Waals surface area contributed by atoms with Crippen molar-refractivity contribution in [3.63, 3.8) is 0 Å². The number of rotatable bonds is 2. The van der Waals surface area contributed by atoms with Crippen molar-refractivity contribution in [2.45, 2.75) is 6.04 Å². The van der Waals surface area contributed by atoms with Gasteiger partial charge >= 0.3 is 0 Å². The number of aliphatic imine (C=N–C) groups is 1. The maximum absolute atomic E-state index is 4.49. The molecule has 0 saturated heterocycles. The van der Waals surface area contributed by atoms with E-state index in [0.717, 1.165) is 5.70 Å². The van der Waals surface area contributed by atoms with E-state index in [-0.39, 0.29) is 6.04 Å². The molecule has 5 rings (SSSR count). The van der Waals surface area contributed by atoms with Crippen LogP contribution in [0.15, 0.2) is 102 Å². The third-order valence-corrected chi connectivity index (χ3v) is 5.01. The average molecular weight is 334 g/mol. The summed E-state index contributed by atoms with van der Waals surface area (Å²) >= 11 is 0. The molecule has 1 unspecified atom stereocenters. The maximum atomic E-state index is 4.49. The molecule has 1 heterocycles. The van der Waals surface area contributed by atoms with Gasteiger partial charge in [-0.2, -0.15) is 0 Å². The fraction of sp³-hybridized carbons (Fsp3) is 0.0417. The number of nitrogens with zero attached hydrogens (tertiary/aromatic N) is 1. The second-order valence-corrected chi connectivity index (χ2v) is 6.55. The third-order valence-electron chi connectivity index (χ3n) is 5.01. The summed E-state index contributed by atoms with van der Waals surface area (Å²) in [6.07, 6.45) is 10.2. The summed E-state index contributed by atoms with van der Waals surface area (Å²) in [5.74, 6) is 0. The van der Waals surface area contributed by atoms with E-state index in [2.05, 4.69) is 101 Å². The quantitative estimate of drug-likeness (QED) is 0.672. The summed E-state index contributed by atoms with van der Waals surface area (Å²) in [4.78, 5) is 4.49. The van der Waals surface area contributed by atoms with Gasteiger partial charge in [-0.25, -0.2) is 0 Å². The third kappa shape index (κ3) is 2.47. The molecule has 0 spiro atoms. The van der Waals surface area contributed by atoms with Crippen LogP contribution in [0.3, 0.4) is 0 Å². The number of allylic oxidation sites excluding steroid dienone is 2. The topological polar surface area (TPSA) is 24.4 Å². The SMILES string of the molecule is C1=CC2=C(c3ccc(-c4cccc5ccccc45)cc3)NC=NC2C=C1. The minimum absolute atomic E-state index is 0.119. The average Bonchev–Trinajstić information content (AvgIpc) is 2.73. The first-order valence-corrected chi connectivity index (χ1v) is 8.86. The van der Waals surface area contributed by atoms with Gasteiger partial charge in [-0.15, -0.1) is 0 Å². The summed E-state index contributed by atoms with van der Waals surface area (Å²) in [5, 5.41) is 5.88. The van der Waals surface area contributed by atoms with E-state index in [9.17, 15) is 0 Å². The highest BCUT2D eigenvalue weighted by molar-refractivity contribution is 5.97. The Morgan fingerprint density at radius 1 is 0.769 bits per heavy atom. The molecule has 2 aliphatic rings. The van der Waals surface area contributed by atoms with E-state index < -0.39 is 0 Å². The molecule has 26 heavy (non-hydrogen) atoms. The smallest absolute Gasteiger partial charge is 0.0971 e. The van der Waals surface area contributed by atoms with Gasteiger partial charge in [0.05, 0.1) is 18.1 Å². The van der Waals surface area contributed by atoms with Crippen LogP contribution in [0.4, 0.5) is 0 Å². The first kappa shape index (κ1) is 14.9. The monoisotopic (exact) mass is 334 g/mol. The van der Waals surface area contributed by atoms with E-state index in [1.54, 1.807) is 6.34 Å². The molecule has 0 amide bonds. The lowest BCUT2D eigenvalue weighted by Crippen LogP contribution is -2.23. The molecule has 0 aromatic heterocycles. The molecule has 1 aliphatic heterocycles. The summed E-state index contributed by atoms with van der Waals surface area (Å²) in [5.41, 5.74) is 6.03. The minimum Gasteiger partial charge on any atom is -0.346 e. The van der Waals surface area contributed by atoms with Crippen LogP contribution >= 0.6 is 0 Å². The largest absolute Gasteiger partial charge is 0.346 e. The molecule has 3 aromatic rings. The Labute approximate surface area is 152 Å². The Kier molecular flexibility index (Phi) is 3.53. The lowest BCUT2D eigenvalue weighted by molar-refractivity contribution is 0.939. The van der Waals surface area contributed by atoms with Gasteiger partial charge in [0.2, 0.25) is 0 Å². The van der Waals surface area contributed by atoms with Gasteiger partial charge in [0.15, 0.2) is 0 Å². The van der Waals surface area contributed by atoms with E-state index in [1.807, 2.05) is 0 Å². The minimum atomic E-state index is 0.119. The first-order valence-electron chi connectivity index (χ1n) is 8.86. The molecule has 1 atom stereocenters. The molecule has 1 N–H and O–H groups in total. The van der Waals surface area contributed by atoms with Crippen LogP contribution in [0.2, 0.25) is 0 Å². The van der Waals surface area contributed by atoms with E-state index in [1.165, 1.54) is 33.0 Å². The molecule has 0 fully saturated rings. The number of fused-ring (bicyclic) bond motifs is 2. The van der Waals surface area contributed by atoms with Gasteiger partial charge in [-0.05, 0) is 27.5 Å². The van der Waals surface area contributed by atoms with Gasteiger partial charge < -0.3 is 5.32 Å². The molecule has 0 saturated carbocycles. The van der Waals surface area contributed by atoms with E-state index in [0.29, 0.717) is 0 Å². The van der Waals surface area contributed by atoms with Crippen molar-refractivity contribution in [1.29, 1.82) is 0 Å². The Hall–Kier alpha value is -3.39. The number of nitrogens with one attached hydrogen (secondary N) is 1. The normalized spacial score (nSPS) is 18.1. The van der Waals surface area contributed by atoms with Crippen LogP contribution in [0, 0.1) is 0 Å². The predicted octanol–water partition coefficient (Wildman–Crippen LogP) is 5.34. The van der Waals surface area contributed by atoms with Gasteiger partial charge in [-0.1, -0.05) is 91.0 Å². The van der Waals surface area contributed by atoms with E-state index in [4.69, 9.17) is 0 Å². The lowest BCUT2D eigenvalue weighted by Gasteiger charge is -2.23. The molecule has 3 aromatic carbocycles. The summed E-state index contributed by atoms with van der Waals surface area (Å²) in [7, 11) is 0. The lowest BCUT2D eigenvalue weighted by atomic mass is 9.93. The number of hydrogen-bond donors (Lipinski definition) is 1. The molecule has 0 radical (unpaired) electrons. The van der Waals surface area contributed by atoms with Gasteiger partial charge in [0, 0.05) is 5.57 Å². The molecule has 2 nitrogen and oxygen atoms in total. The second-order valence-electron chi connectivity index (χ2n) is 6.55. The Bertz CT molecular complexity index is 1090. The molecular formula is C24H18N2. The highest BCUT2D eigenvalue weighted by atomic mass is 15.0. The van der Waals surface area contributed by atoms with Crippen LogP contribution < -0.4 is 5.32 Å². The van der Waals surface area contributed by atoms with Crippen LogP contribution in [0.1, 0.15) is 5.56 Å². The van der Waals surface area contributed by atoms with Crippen LogP contribution in [-0.2, 0) is 0 Å². The van der Waals surface area contributed by atoms with Crippen molar-refractivity contribution in [2.75, 3.05) is 0 Å². The summed E-state index contributed by atoms with van der Waals surface area (Å²) in [6, 6.07) is 23.9. The standard InChI is InChI=1S/C24H18N2/c1-2-8-20-17(6-1)7-5-10-21(20)18-12-14-19(15-13-18)24-22-9-3-4-11-23(22)25-16-26-24/h1-16,23H,(H,25,26). The van der Waals surface area contributed by atoms with Crippen molar-refractivity contribution in [3.05, 3.63) is 102 Å². The highest BCUT2D eigenvalue weighted by Gasteiger charge is 2.19. The van der Waals surface area contributed by atoms with Crippen LogP contribution in [0.5, 0.6) is 0 Å². The van der Waals surface area contributed by atoms with Crippen LogP contribution in [0.25, 0.3) is 27.6 Å². The first-order chi connectivity index (χ1) is 12.9. The number of hydrogen-bond acceptors (Lipinski definition) is 2. The van der Waals surface area contributed by atoms with Crippen molar-refractivity contribution >= 4 is 22.8 Å². The molecule has 0 bridgehead atoms. The fourth-order valence-electron chi connectivity index (χ4n) is 3.70. The Morgan fingerprint density at radius 3 is 2.50 bits per heavy atom.